The highest BCUT2D eigenvalue weighted by Crippen LogP contribution is 2.32. The van der Waals surface area contributed by atoms with Crippen LogP contribution >= 0.6 is 0 Å². The number of sulfonamides is 1. The number of hydrogen-bond acceptors (Lipinski definition) is 7. The molecule has 5 N–H and O–H groups in total. The monoisotopic (exact) mass is 653 g/mol. The SMILES string of the molecule is COc1cc(S(N)(=O)=O)ccc1NCC#Cc1cc2c(NC3CCCCC3)cccc2n1CC(F)(F)F.O=S1CCNCC1. The lowest BCUT2D eigenvalue weighted by atomic mass is 9.95. The molecule has 5 rings (SSSR count). The molecular weight excluding hydrogens is 615 g/mol. The van der Waals surface area contributed by atoms with Gasteiger partial charge in [-0.25, -0.2) is 13.6 Å². The van der Waals surface area contributed by atoms with E-state index in [1.54, 1.807) is 18.2 Å². The number of benzene rings is 2. The molecule has 3 aromatic rings. The van der Waals surface area contributed by atoms with Gasteiger partial charge in [0.25, 0.3) is 0 Å². The summed E-state index contributed by atoms with van der Waals surface area (Å²) in [5, 5.41) is 15.5. The largest absolute Gasteiger partial charge is 0.495 e. The number of hydrogen-bond donors (Lipinski definition) is 4. The quantitative estimate of drug-likeness (QED) is 0.279. The fraction of sp³-hybridized carbons (Fsp3) is 0.467. The number of alkyl halides is 3. The Bertz CT molecular complexity index is 1620. The Balaban J connectivity index is 0.000000555. The van der Waals surface area contributed by atoms with Crippen molar-refractivity contribution >= 4 is 43.1 Å². The van der Waals surface area contributed by atoms with Crippen molar-refractivity contribution in [3.8, 4) is 17.6 Å². The van der Waals surface area contributed by atoms with Gasteiger partial charge in [-0.15, -0.1) is 0 Å². The van der Waals surface area contributed by atoms with Gasteiger partial charge < -0.3 is 25.3 Å². The number of anilines is 2. The molecule has 9 nitrogen and oxygen atoms in total. The minimum atomic E-state index is -4.41. The highest BCUT2D eigenvalue weighted by molar-refractivity contribution is 7.89. The molecule has 2 aromatic carbocycles. The molecule has 2 aliphatic rings. The molecule has 240 valence electrons. The lowest BCUT2D eigenvalue weighted by molar-refractivity contribution is -0.140. The molecule has 1 aliphatic heterocycles. The Kier molecular flexibility index (Phi) is 11.6. The maximum Gasteiger partial charge on any atom is 0.406 e. The van der Waals surface area contributed by atoms with Crippen molar-refractivity contribution in [3.63, 3.8) is 0 Å². The first-order chi connectivity index (χ1) is 20.9. The van der Waals surface area contributed by atoms with E-state index in [2.05, 4.69) is 27.8 Å². The van der Waals surface area contributed by atoms with E-state index in [1.165, 1.54) is 36.3 Å². The summed E-state index contributed by atoms with van der Waals surface area (Å²) in [6, 6.07) is 11.4. The van der Waals surface area contributed by atoms with Gasteiger partial charge in [0.15, 0.2) is 0 Å². The number of ether oxygens (including phenoxy) is 1. The lowest BCUT2D eigenvalue weighted by Crippen LogP contribution is -2.32. The highest BCUT2D eigenvalue weighted by Gasteiger charge is 2.30. The van der Waals surface area contributed by atoms with E-state index in [9.17, 15) is 25.8 Å². The van der Waals surface area contributed by atoms with Gasteiger partial charge >= 0.3 is 6.18 Å². The molecule has 1 saturated heterocycles. The van der Waals surface area contributed by atoms with E-state index in [-0.39, 0.29) is 22.9 Å². The third-order valence-electron chi connectivity index (χ3n) is 7.35. The summed E-state index contributed by atoms with van der Waals surface area (Å²) in [5.41, 5.74) is 2.00. The summed E-state index contributed by atoms with van der Waals surface area (Å²) in [5.74, 6) is 7.67. The van der Waals surface area contributed by atoms with Crippen molar-refractivity contribution in [2.75, 3.05) is 48.9 Å². The van der Waals surface area contributed by atoms with Gasteiger partial charge in [0.05, 0.1) is 35.4 Å². The van der Waals surface area contributed by atoms with E-state index >= 15 is 0 Å². The Morgan fingerprint density at radius 2 is 1.82 bits per heavy atom. The van der Waals surface area contributed by atoms with E-state index in [1.807, 2.05) is 6.07 Å². The molecule has 1 aromatic heterocycles. The summed E-state index contributed by atoms with van der Waals surface area (Å²) < 4.78 is 80.4. The van der Waals surface area contributed by atoms with Gasteiger partial charge in [0.2, 0.25) is 10.0 Å². The van der Waals surface area contributed by atoms with Crippen LogP contribution in [0.2, 0.25) is 0 Å². The molecule has 1 aliphatic carbocycles. The minimum absolute atomic E-state index is 0.0891. The van der Waals surface area contributed by atoms with Gasteiger partial charge in [-0.05, 0) is 49.1 Å². The Morgan fingerprint density at radius 3 is 2.43 bits per heavy atom. The van der Waals surface area contributed by atoms with Gasteiger partial charge in [-0.1, -0.05) is 31.2 Å². The number of halogens is 3. The summed E-state index contributed by atoms with van der Waals surface area (Å²) in [4.78, 5) is -0.102. The predicted octanol–water partition coefficient (Wildman–Crippen LogP) is 4.41. The number of aromatic nitrogens is 1. The third kappa shape index (κ3) is 9.62. The van der Waals surface area contributed by atoms with Crippen LogP contribution in [-0.2, 0) is 27.4 Å². The molecule has 1 saturated carbocycles. The van der Waals surface area contributed by atoms with Crippen LogP contribution in [0.15, 0.2) is 47.4 Å². The lowest BCUT2D eigenvalue weighted by Gasteiger charge is -2.24. The molecule has 0 bridgehead atoms. The summed E-state index contributed by atoms with van der Waals surface area (Å²) in [7, 11) is -3.01. The van der Waals surface area contributed by atoms with E-state index < -0.39 is 33.5 Å². The molecule has 2 fully saturated rings. The zero-order chi connectivity index (χ0) is 31.7. The van der Waals surface area contributed by atoms with Crippen LogP contribution in [0.3, 0.4) is 0 Å². The average molecular weight is 654 g/mol. The van der Waals surface area contributed by atoms with Crippen molar-refractivity contribution in [3.05, 3.63) is 48.2 Å². The van der Waals surface area contributed by atoms with E-state index in [0.717, 1.165) is 56.0 Å². The Hall–Kier alpha value is -3.25. The molecule has 0 atom stereocenters. The average Bonchev–Trinajstić information content (AvgIpc) is 3.32. The fourth-order valence-corrected chi connectivity index (χ4v) is 6.68. The topological polar surface area (TPSA) is 127 Å². The standard InChI is InChI=1S/C26H29F3N4O3S.C4H9NOS/c1-36-25-16-20(37(30,34)35)12-13-23(25)31-14-6-9-19-15-21-22(32-18-7-3-2-4-8-18)10-5-11-24(21)33(19)17-26(27,28)29;6-7-3-1-5-2-4-7/h5,10-13,15-16,18,31-32H,2-4,7-8,14,17H2,1H3,(H2,30,34,35);5H,1-4H2. The second kappa shape index (κ2) is 15.2. The van der Waals surface area contributed by atoms with Gasteiger partial charge in [0.1, 0.15) is 12.3 Å². The van der Waals surface area contributed by atoms with Crippen LogP contribution in [0.25, 0.3) is 10.9 Å². The summed E-state index contributed by atoms with van der Waals surface area (Å²) in [6.07, 6.45) is 1.16. The van der Waals surface area contributed by atoms with Crippen LogP contribution in [0.5, 0.6) is 5.75 Å². The van der Waals surface area contributed by atoms with E-state index in [0.29, 0.717) is 22.6 Å². The molecule has 44 heavy (non-hydrogen) atoms. The number of nitrogens with zero attached hydrogens (tertiary/aromatic N) is 1. The second-order valence-corrected chi connectivity index (χ2v) is 13.9. The Morgan fingerprint density at radius 1 is 1.09 bits per heavy atom. The van der Waals surface area contributed by atoms with E-state index in [4.69, 9.17) is 9.88 Å². The van der Waals surface area contributed by atoms with Crippen LogP contribution in [0, 0.1) is 11.8 Å². The molecule has 0 spiro atoms. The smallest absolute Gasteiger partial charge is 0.406 e. The summed E-state index contributed by atoms with van der Waals surface area (Å²) in [6.45, 7) is 0.814. The first kappa shape index (κ1) is 33.6. The number of nitrogens with two attached hydrogens (primary N) is 1. The number of methoxy groups -OCH3 is 1. The summed E-state index contributed by atoms with van der Waals surface area (Å²) >= 11 is 0. The maximum absolute atomic E-state index is 13.4. The minimum Gasteiger partial charge on any atom is -0.495 e. The normalized spacial score (nSPS) is 16.4. The van der Waals surface area contributed by atoms with Gasteiger partial charge in [-0.3, -0.25) is 4.21 Å². The number of primary sulfonamides is 1. The van der Waals surface area contributed by atoms with Crippen LogP contribution in [0.4, 0.5) is 24.5 Å². The van der Waals surface area contributed by atoms with Crippen LogP contribution in [0.1, 0.15) is 37.8 Å². The molecule has 0 amide bonds. The first-order valence-corrected chi connectivity index (χ1v) is 17.4. The number of fused-ring (bicyclic) bond motifs is 1. The predicted molar refractivity (Wildman–Crippen MR) is 169 cm³/mol. The highest BCUT2D eigenvalue weighted by atomic mass is 32.2. The van der Waals surface area contributed by atoms with Crippen molar-refractivity contribution < 1.29 is 30.5 Å². The van der Waals surface area contributed by atoms with Crippen molar-refractivity contribution in [2.45, 2.75) is 55.8 Å². The molecule has 2 heterocycles. The number of nitrogens with one attached hydrogen (secondary N) is 3. The first-order valence-electron chi connectivity index (χ1n) is 14.4. The zero-order valence-electron chi connectivity index (χ0n) is 24.5. The third-order valence-corrected chi connectivity index (χ3v) is 9.58. The fourth-order valence-electron chi connectivity index (χ4n) is 5.20. The zero-order valence-corrected chi connectivity index (χ0v) is 26.1. The van der Waals surface area contributed by atoms with Gasteiger partial charge in [-0.2, -0.15) is 13.2 Å². The second-order valence-electron chi connectivity index (χ2n) is 10.6. The van der Waals surface area contributed by atoms with Crippen molar-refractivity contribution in [1.82, 2.24) is 9.88 Å². The molecule has 0 radical (unpaired) electrons. The molecule has 14 heteroatoms. The maximum atomic E-state index is 13.4. The van der Waals surface area contributed by atoms with Crippen molar-refractivity contribution in [2.24, 2.45) is 5.14 Å². The number of rotatable bonds is 7. The molecule has 0 unspecified atom stereocenters. The van der Waals surface area contributed by atoms with Crippen molar-refractivity contribution in [1.29, 1.82) is 0 Å². The van der Waals surface area contributed by atoms with Gasteiger partial charge in [0, 0.05) is 58.6 Å². The Labute approximate surface area is 258 Å². The van der Waals surface area contributed by atoms with Crippen LogP contribution in [-0.4, -0.2) is 67.7 Å². The van der Waals surface area contributed by atoms with Crippen LogP contribution < -0.4 is 25.8 Å². The molecular formula is C30H38F3N5O4S2.